The van der Waals surface area contributed by atoms with Gasteiger partial charge < -0.3 is 5.11 Å². The maximum atomic E-state index is 13.0. The summed E-state index contributed by atoms with van der Waals surface area (Å²) in [6.45, 7) is -0.443. The molecule has 18 heavy (non-hydrogen) atoms. The van der Waals surface area contributed by atoms with Gasteiger partial charge in [-0.05, 0) is 34.9 Å². The summed E-state index contributed by atoms with van der Waals surface area (Å²) in [6.07, 6.45) is -1.61. The molecule has 2 rings (SSSR count). The lowest BCUT2D eigenvalue weighted by Crippen LogP contribution is -2.09. The zero-order valence-corrected chi connectivity index (χ0v) is 9.28. The van der Waals surface area contributed by atoms with Gasteiger partial charge in [0.2, 0.25) is 0 Å². The third-order valence-electron chi connectivity index (χ3n) is 2.60. The lowest BCUT2D eigenvalue weighted by Gasteiger charge is -2.16. The van der Waals surface area contributed by atoms with Crippen molar-refractivity contribution in [2.45, 2.75) is 12.8 Å². The summed E-state index contributed by atoms with van der Waals surface area (Å²) in [4.78, 5) is 3.77. The Morgan fingerprint density at radius 3 is 2.28 bits per heavy atom. The fraction of sp³-hybridized carbons (Fsp3) is 0.154. The fourth-order valence-electron chi connectivity index (χ4n) is 1.83. The Hall–Kier alpha value is -1.88. The van der Waals surface area contributed by atoms with Crippen LogP contribution in [-0.4, -0.2) is 10.1 Å². The Kier molecular flexibility index (Phi) is 3.34. The summed E-state index contributed by atoms with van der Waals surface area (Å²) < 4.78 is 38.9. The molecule has 0 aliphatic carbocycles. The normalized spacial score (nSPS) is 11.6. The molecule has 0 spiro atoms. The summed E-state index contributed by atoms with van der Waals surface area (Å²) in [6, 6.07) is 6.76. The molecule has 1 heterocycles. The molecule has 1 N–H and O–H groups in total. The van der Waals surface area contributed by atoms with Crippen molar-refractivity contribution in [1.82, 2.24) is 4.98 Å². The zero-order chi connectivity index (χ0) is 13.2. The maximum absolute atomic E-state index is 13.0. The second kappa shape index (κ2) is 4.78. The lowest BCUT2D eigenvalue weighted by atomic mass is 9.95. The quantitative estimate of drug-likeness (QED) is 0.891. The number of benzene rings is 1. The Morgan fingerprint density at radius 1 is 1.06 bits per heavy atom. The van der Waals surface area contributed by atoms with E-state index in [-0.39, 0.29) is 11.1 Å². The summed E-state index contributed by atoms with van der Waals surface area (Å²) in [5.74, 6) is 0. The molecule has 94 valence electrons. The minimum absolute atomic E-state index is 0.00917. The molecule has 0 radical (unpaired) electrons. The first-order chi connectivity index (χ1) is 8.54. The van der Waals surface area contributed by atoms with E-state index in [0.717, 1.165) is 6.07 Å². The Bertz CT molecular complexity index is 538. The number of rotatable bonds is 2. The van der Waals surface area contributed by atoms with E-state index in [0.29, 0.717) is 5.56 Å². The third-order valence-corrected chi connectivity index (χ3v) is 2.60. The van der Waals surface area contributed by atoms with Gasteiger partial charge in [0.25, 0.3) is 0 Å². The molecule has 0 bridgehead atoms. The van der Waals surface area contributed by atoms with Crippen LogP contribution in [0.15, 0.2) is 42.7 Å². The van der Waals surface area contributed by atoms with Crippen LogP contribution in [0, 0.1) is 0 Å². The van der Waals surface area contributed by atoms with E-state index in [1.54, 1.807) is 0 Å². The molecular formula is C13H10F3NO. The number of pyridine rings is 1. The molecule has 5 heteroatoms. The van der Waals surface area contributed by atoms with Gasteiger partial charge in [-0.1, -0.05) is 12.1 Å². The van der Waals surface area contributed by atoms with Crippen LogP contribution in [0.5, 0.6) is 0 Å². The fourth-order valence-corrected chi connectivity index (χ4v) is 1.83. The van der Waals surface area contributed by atoms with Crippen molar-refractivity contribution in [3.05, 3.63) is 53.9 Å². The number of halogens is 3. The van der Waals surface area contributed by atoms with E-state index in [1.165, 1.54) is 36.7 Å². The van der Waals surface area contributed by atoms with Crippen molar-refractivity contribution < 1.29 is 18.3 Å². The minimum atomic E-state index is -4.45. The summed E-state index contributed by atoms with van der Waals surface area (Å²) in [5.41, 5.74) is -0.104. The van der Waals surface area contributed by atoms with E-state index < -0.39 is 18.3 Å². The molecule has 0 amide bonds. The molecule has 0 aliphatic heterocycles. The number of hydrogen-bond donors (Lipinski definition) is 1. The number of hydrogen-bond acceptors (Lipinski definition) is 2. The first-order valence-electron chi connectivity index (χ1n) is 5.24. The standard InChI is InChI=1S/C13H10F3NO/c14-13(15,16)11-3-1-2-10(8-18)12(11)9-4-6-17-7-5-9/h1-7,18H,8H2. The van der Waals surface area contributed by atoms with E-state index in [1.807, 2.05) is 0 Å². The largest absolute Gasteiger partial charge is 0.417 e. The lowest BCUT2D eigenvalue weighted by molar-refractivity contribution is -0.137. The Balaban J connectivity index is 2.70. The van der Waals surface area contributed by atoms with E-state index >= 15 is 0 Å². The molecule has 0 saturated heterocycles. The van der Waals surface area contributed by atoms with E-state index in [4.69, 9.17) is 0 Å². The first-order valence-corrected chi connectivity index (χ1v) is 5.24. The highest BCUT2D eigenvalue weighted by atomic mass is 19.4. The summed E-state index contributed by atoms with van der Waals surface area (Å²) in [7, 11) is 0. The predicted octanol–water partition coefficient (Wildman–Crippen LogP) is 3.26. The minimum Gasteiger partial charge on any atom is -0.392 e. The van der Waals surface area contributed by atoms with Gasteiger partial charge >= 0.3 is 6.18 Å². The molecule has 0 atom stereocenters. The SMILES string of the molecule is OCc1cccc(C(F)(F)F)c1-c1ccncc1. The van der Waals surface area contributed by atoms with Gasteiger partial charge in [0.15, 0.2) is 0 Å². The first kappa shape index (κ1) is 12.6. The zero-order valence-electron chi connectivity index (χ0n) is 9.28. The maximum Gasteiger partial charge on any atom is 0.417 e. The molecule has 1 aromatic heterocycles. The number of alkyl halides is 3. The average molecular weight is 253 g/mol. The molecule has 2 aromatic rings. The van der Waals surface area contributed by atoms with Gasteiger partial charge in [0.05, 0.1) is 12.2 Å². The second-order valence-electron chi connectivity index (χ2n) is 3.73. The Labute approximate surface area is 102 Å². The van der Waals surface area contributed by atoms with Crippen LogP contribution in [0.3, 0.4) is 0 Å². The van der Waals surface area contributed by atoms with Crippen LogP contribution in [0.2, 0.25) is 0 Å². The van der Waals surface area contributed by atoms with E-state index in [9.17, 15) is 18.3 Å². The van der Waals surface area contributed by atoms with Gasteiger partial charge in [0, 0.05) is 12.4 Å². The molecule has 2 nitrogen and oxygen atoms in total. The number of nitrogens with zero attached hydrogens (tertiary/aromatic N) is 1. The van der Waals surface area contributed by atoms with Crippen molar-refractivity contribution in [2.75, 3.05) is 0 Å². The van der Waals surface area contributed by atoms with Gasteiger partial charge in [0.1, 0.15) is 0 Å². The van der Waals surface area contributed by atoms with Crippen molar-refractivity contribution in [3.8, 4) is 11.1 Å². The number of aliphatic hydroxyl groups excluding tert-OH is 1. The van der Waals surface area contributed by atoms with Crippen molar-refractivity contribution in [2.24, 2.45) is 0 Å². The number of aliphatic hydroxyl groups is 1. The predicted molar refractivity (Wildman–Crippen MR) is 60.6 cm³/mol. The molecule has 0 saturated carbocycles. The topological polar surface area (TPSA) is 33.1 Å². The molecular weight excluding hydrogens is 243 g/mol. The molecule has 0 aliphatic rings. The van der Waals surface area contributed by atoms with Gasteiger partial charge in [-0.2, -0.15) is 13.2 Å². The van der Waals surface area contributed by atoms with Crippen LogP contribution in [0.4, 0.5) is 13.2 Å². The molecule has 0 fully saturated rings. The van der Waals surface area contributed by atoms with Crippen molar-refractivity contribution in [3.63, 3.8) is 0 Å². The van der Waals surface area contributed by atoms with Crippen LogP contribution in [-0.2, 0) is 12.8 Å². The van der Waals surface area contributed by atoms with Crippen LogP contribution in [0.25, 0.3) is 11.1 Å². The molecule has 0 unspecified atom stereocenters. The highest BCUT2D eigenvalue weighted by molar-refractivity contribution is 5.71. The van der Waals surface area contributed by atoms with Crippen molar-refractivity contribution >= 4 is 0 Å². The van der Waals surface area contributed by atoms with E-state index in [2.05, 4.69) is 4.98 Å². The van der Waals surface area contributed by atoms with Crippen LogP contribution in [0.1, 0.15) is 11.1 Å². The van der Waals surface area contributed by atoms with Crippen LogP contribution >= 0.6 is 0 Å². The third kappa shape index (κ3) is 2.36. The summed E-state index contributed by atoms with van der Waals surface area (Å²) >= 11 is 0. The average Bonchev–Trinajstić information content (AvgIpc) is 2.38. The second-order valence-corrected chi connectivity index (χ2v) is 3.73. The highest BCUT2D eigenvalue weighted by Crippen LogP contribution is 2.38. The Morgan fingerprint density at radius 2 is 1.72 bits per heavy atom. The number of aromatic nitrogens is 1. The van der Waals surface area contributed by atoms with Gasteiger partial charge in [-0.25, -0.2) is 0 Å². The van der Waals surface area contributed by atoms with Crippen LogP contribution < -0.4 is 0 Å². The van der Waals surface area contributed by atoms with Gasteiger partial charge in [-0.3, -0.25) is 4.98 Å². The monoisotopic (exact) mass is 253 g/mol. The summed E-state index contributed by atoms with van der Waals surface area (Å²) in [5, 5.41) is 9.19. The molecule has 1 aromatic carbocycles. The highest BCUT2D eigenvalue weighted by Gasteiger charge is 2.34. The van der Waals surface area contributed by atoms with Crippen molar-refractivity contribution in [1.29, 1.82) is 0 Å². The smallest absolute Gasteiger partial charge is 0.392 e. The van der Waals surface area contributed by atoms with Gasteiger partial charge in [-0.15, -0.1) is 0 Å².